The predicted octanol–water partition coefficient (Wildman–Crippen LogP) is 2.33. The summed E-state index contributed by atoms with van der Waals surface area (Å²) in [4.78, 5) is 22.0. The summed E-state index contributed by atoms with van der Waals surface area (Å²) in [6.07, 6.45) is 2.68. The quantitative estimate of drug-likeness (QED) is 0.531. The van der Waals surface area contributed by atoms with Crippen LogP contribution >= 0.6 is 0 Å². The van der Waals surface area contributed by atoms with Gasteiger partial charge in [-0.15, -0.1) is 0 Å². The number of carboxylic acid groups (broad SMARTS) is 1. The van der Waals surface area contributed by atoms with Crippen LogP contribution < -0.4 is 10.6 Å². The molecule has 1 aromatic carbocycles. The zero-order valence-electron chi connectivity index (χ0n) is 12.1. The van der Waals surface area contributed by atoms with E-state index in [4.69, 9.17) is 9.84 Å². The first-order valence-corrected chi connectivity index (χ1v) is 6.65. The Bertz CT molecular complexity index is 495. The highest BCUT2D eigenvalue weighted by molar-refractivity contribution is 5.89. The number of carbonyl (C=O) groups excluding carboxylic acids is 1. The minimum absolute atomic E-state index is 0.140. The molecule has 0 heterocycles. The fourth-order valence-corrected chi connectivity index (χ4v) is 1.48. The van der Waals surface area contributed by atoms with Gasteiger partial charge in [0.05, 0.1) is 12.7 Å². The lowest BCUT2D eigenvalue weighted by atomic mass is 10.2. The van der Waals surface area contributed by atoms with Crippen molar-refractivity contribution < 1.29 is 19.4 Å². The fourth-order valence-electron chi connectivity index (χ4n) is 1.48. The topological polar surface area (TPSA) is 87.7 Å². The van der Waals surface area contributed by atoms with Gasteiger partial charge in [-0.1, -0.05) is 12.1 Å². The lowest BCUT2D eigenvalue weighted by Crippen LogP contribution is -2.32. The second-order valence-corrected chi connectivity index (χ2v) is 4.59. The van der Waals surface area contributed by atoms with Gasteiger partial charge < -0.3 is 20.5 Å². The molecule has 0 aromatic heterocycles. The number of hydrogen-bond donors (Lipinski definition) is 3. The molecule has 0 spiro atoms. The van der Waals surface area contributed by atoms with E-state index in [0.29, 0.717) is 18.8 Å². The summed E-state index contributed by atoms with van der Waals surface area (Å²) in [6, 6.07) is 6.53. The number of anilines is 1. The number of carbonyl (C=O) groups is 2. The number of benzene rings is 1. The lowest BCUT2D eigenvalue weighted by Gasteiger charge is -2.10. The predicted molar refractivity (Wildman–Crippen MR) is 81.2 cm³/mol. The van der Waals surface area contributed by atoms with Crippen LogP contribution in [0.25, 0.3) is 6.08 Å². The van der Waals surface area contributed by atoms with Gasteiger partial charge in [0.25, 0.3) is 0 Å². The summed E-state index contributed by atoms with van der Waals surface area (Å²) >= 11 is 0. The number of amides is 2. The van der Waals surface area contributed by atoms with Gasteiger partial charge in [-0.05, 0) is 37.6 Å². The second kappa shape index (κ2) is 8.76. The van der Waals surface area contributed by atoms with E-state index in [-0.39, 0.29) is 12.1 Å². The number of nitrogens with one attached hydrogen (secondary N) is 2. The molecule has 0 aliphatic rings. The molecular weight excluding hydrogens is 272 g/mol. The van der Waals surface area contributed by atoms with Crippen LogP contribution in [0.3, 0.4) is 0 Å². The van der Waals surface area contributed by atoms with Gasteiger partial charge >= 0.3 is 12.0 Å². The summed E-state index contributed by atoms with van der Waals surface area (Å²) < 4.78 is 5.31. The molecule has 0 aliphatic heterocycles. The van der Waals surface area contributed by atoms with Crippen molar-refractivity contribution in [3.63, 3.8) is 0 Å². The highest BCUT2D eigenvalue weighted by Gasteiger charge is 2.01. The van der Waals surface area contributed by atoms with Crippen LogP contribution in [-0.4, -0.2) is 36.4 Å². The van der Waals surface area contributed by atoms with Gasteiger partial charge in [-0.2, -0.15) is 0 Å². The second-order valence-electron chi connectivity index (χ2n) is 4.59. The van der Waals surface area contributed by atoms with Crippen LogP contribution in [0.1, 0.15) is 19.4 Å². The maximum absolute atomic E-state index is 11.6. The molecule has 3 N–H and O–H groups in total. The van der Waals surface area contributed by atoms with Crippen LogP contribution in [0.4, 0.5) is 10.5 Å². The third-order valence-corrected chi connectivity index (χ3v) is 2.43. The van der Waals surface area contributed by atoms with Gasteiger partial charge in [-0.3, -0.25) is 0 Å². The standard InChI is InChI=1S/C15H20N2O4/c1-11(2)21-10-9-16-15(20)17-13-6-3-12(4-7-13)5-8-14(18)19/h3-8,11H,9-10H2,1-2H3,(H,18,19)(H2,16,17,20)/b8-5+. The van der Waals surface area contributed by atoms with Crippen molar-refractivity contribution in [2.24, 2.45) is 0 Å². The Hall–Kier alpha value is -2.34. The first-order valence-electron chi connectivity index (χ1n) is 6.65. The SMILES string of the molecule is CC(C)OCCNC(=O)Nc1ccc(/C=C/C(=O)O)cc1. The van der Waals surface area contributed by atoms with Crippen LogP contribution in [0, 0.1) is 0 Å². The van der Waals surface area contributed by atoms with Crippen molar-refractivity contribution in [3.05, 3.63) is 35.9 Å². The Morgan fingerprint density at radius 1 is 1.29 bits per heavy atom. The number of hydrogen-bond acceptors (Lipinski definition) is 3. The van der Waals surface area contributed by atoms with Crippen LogP contribution in [0.2, 0.25) is 0 Å². The fraction of sp³-hybridized carbons (Fsp3) is 0.333. The van der Waals surface area contributed by atoms with Gasteiger partial charge in [0.1, 0.15) is 0 Å². The number of ether oxygens (including phenoxy) is 1. The number of aliphatic carboxylic acids is 1. The van der Waals surface area contributed by atoms with Crippen molar-refractivity contribution in [3.8, 4) is 0 Å². The third-order valence-electron chi connectivity index (χ3n) is 2.43. The highest BCUT2D eigenvalue weighted by Crippen LogP contribution is 2.10. The molecule has 0 atom stereocenters. The Kier molecular flexibility index (Phi) is 6.97. The average Bonchev–Trinajstić information content (AvgIpc) is 2.42. The average molecular weight is 292 g/mol. The van der Waals surface area contributed by atoms with Crippen molar-refractivity contribution in [2.45, 2.75) is 20.0 Å². The molecule has 21 heavy (non-hydrogen) atoms. The molecule has 6 heteroatoms. The van der Waals surface area contributed by atoms with E-state index in [1.54, 1.807) is 24.3 Å². The van der Waals surface area contributed by atoms with Gasteiger partial charge in [-0.25, -0.2) is 9.59 Å². The molecular formula is C15H20N2O4. The highest BCUT2D eigenvalue weighted by atomic mass is 16.5. The molecule has 0 saturated heterocycles. The van der Waals surface area contributed by atoms with Crippen molar-refractivity contribution >= 4 is 23.8 Å². The summed E-state index contributed by atoms with van der Waals surface area (Å²) in [5, 5.41) is 13.9. The van der Waals surface area contributed by atoms with Crippen LogP contribution in [0.5, 0.6) is 0 Å². The monoisotopic (exact) mass is 292 g/mol. The molecule has 0 aliphatic carbocycles. The minimum Gasteiger partial charge on any atom is -0.478 e. The number of urea groups is 1. The molecule has 0 radical (unpaired) electrons. The van der Waals surface area contributed by atoms with E-state index >= 15 is 0 Å². The normalized spacial score (nSPS) is 10.8. The van der Waals surface area contributed by atoms with Gasteiger partial charge in [0, 0.05) is 18.3 Å². The Labute approximate surface area is 123 Å². The smallest absolute Gasteiger partial charge is 0.328 e. The summed E-state index contributed by atoms with van der Waals surface area (Å²) in [6.45, 7) is 4.76. The van der Waals surface area contributed by atoms with E-state index in [1.165, 1.54) is 6.08 Å². The maximum Gasteiger partial charge on any atom is 0.328 e. The molecule has 0 saturated carbocycles. The molecule has 1 aromatic rings. The molecule has 6 nitrogen and oxygen atoms in total. The Morgan fingerprint density at radius 3 is 2.52 bits per heavy atom. The molecule has 0 bridgehead atoms. The molecule has 2 amide bonds. The first kappa shape index (κ1) is 16.7. The van der Waals surface area contributed by atoms with Crippen molar-refractivity contribution in [2.75, 3.05) is 18.5 Å². The summed E-state index contributed by atoms with van der Waals surface area (Å²) in [5.41, 5.74) is 1.37. The zero-order chi connectivity index (χ0) is 15.7. The number of rotatable bonds is 7. The van der Waals surface area contributed by atoms with E-state index in [0.717, 1.165) is 11.6 Å². The maximum atomic E-state index is 11.6. The van der Waals surface area contributed by atoms with Crippen molar-refractivity contribution in [1.29, 1.82) is 0 Å². The summed E-state index contributed by atoms with van der Waals surface area (Å²) in [5.74, 6) is -1.000. The molecule has 114 valence electrons. The minimum atomic E-state index is -1.000. The third kappa shape index (κ3) is 7.74. The molecule has 1 rings (SSSR count). The largest absolute Gasteiger partial charge is 0.478 e. The molecule has 0 unspecified atom stereocenters. The van der Waals surface area contributed by atoms with E-state index in [2.05, 4.69) is 10.6 Å². The van der Waals surface area contributed by atoms with Gasteiger partial charge in [0.15, 0.2) is 0 Å². The van der Waals surface area contributed by atoms with Crippen LogP contribution in [0.15, 0.2) is 30.3 Å². The first-order chi connectivity index (χ1) is 9.97. The van der Waals surface area contributed by atoms with Crippen molar-refractivity contribution in [1.82, 2.24) is 5.32 Å². The van der Waals surface area contributed by atoms with E-state index in [1.807, 2.05) is 13.8 Å². The van der Waals surface area contributed by atoms with Crippen LogP contribution in [-0.2, 0) is 9.53 Å². The number of carboxylic acids is 1. The van der Waals surface area contributed by atoms with E-state index in [9.17, 15) is 9.59 Å². The Morgan fingerprint density at radius 2 is 1.95 bits per heavy atom. The summed E-state index contributed by atoms with van der Waals surface area (Å²) in [7, 11) is 0. The van der Waals surface area contributed by atoms with Gasteiger partial charge in [0.2, 0.25) is 0 Å². The molecule has 0 fully saturated rings. The zero-order valence-corrected chi connectivity index (χ0v) is 12.1. The van der Waals surface area contributed by atoms with E-state index < -0.39 is 5.97 Å². The Balaban J connectivity index is 2.37. The lowest BCUT2D eigenvalue weighted by molar-refractivity contribution is -0.131.